The van der Waals surface area contributed by atoms with Gasteiger partial charge in [0.15, 0.2) is 0 Å². The molecule has 0 rings (SSSR count). The number of aliphatic carboxylic acids is 2. The van der Waals surface area contributed by atoms with Crippen molar-refractivity contribution in [1.82, 2.24) is 5.32 Å². The number of carboxylic acid groups (broad SMARTS) is 2. The van der Waals surface area contributed by atoms with E-state index in [9.17, 15) is 24.3 Å². The average Bonchev–Trinajstić information content (AvgIpc) is 2.79. The number of hydrogen-bond donors (Lipinski definition) is 4. The molecule has 5 N–H and O–H groups in total. The fraction of sp³-hybridized carbons (Fsp3) is 0.846. The number of carboxylic acids is 2. The van der Waals surface area contributed by atoms with Gasteiger partial charge in [0.2, 0.25) is 5.91 Å². The van der Waals surface area contributed by atoms with Gasteiger partial charge in [-0.1, -0.05) is 71.1 Å². The highest BCUT2D eigenvalue weighted by Crippen LogP contribution is 2.16. The first kappa shape index (κ1) is 32.0. The quantitative estimate of drug-likeness (QED) is 0.143. The van der Waals surface area contributed by atoms with Gasteiger partial charge in [0.25, 0.3) is 0 Å². The summed E-state index contributed by atoms with van der Waals surface area (Å²) in [6, 6.07) is -0.894. The van der Waals surface area contributed by atoms with Crippen LogP contribution in [0.1, 0.15) is 122 Å². The Bertz CT molecular complexity index is 582. The van der Waals surface area contributed by atoms with Gasteiger partial charge in [-0.2, -0.15) is 0 Å². The van der Waals surface area contributed by atoms with Gasteiger partial charge in [0, 0.05) is 25.8 Å². The number of amides is 1. The second kappa shape index (κ2) is 21.6. The zero-order valence-corrected chi connectivity index (χ0v) is 21.2. The van der Waals surface area contributed by atoms with Gasteiger partial charge in [-0.15, -0.1) is 0 Å². The normalized spacial score (nSPS) is 12.8. The van der Waals surface area contributed by atoms with E-state index in [1.54, 1.807) is 0 Å². The van der Waals surface area contributed by atoms with Gasteiger partial charge in [0.1, 0.15) is 11.8 Å². The maximum atomic E-state index is 12.2. The summed E-state index contributed by atoms with van der Waals surface area (Å²) in [6.07, 6.45) is 15.3. The molecule has 0 bridgehead atoms. The Balaban J connectivity index is 3.84. The Morgan fingerprint density at radius 1 is 0.706 bits per heavy atom. The standard InChI is InChI=1S/C26H48N2O6/c1-2-3-4-5-6-7-8-9-10-11-12-15-22(29)20-21(25(31)32)17-18-24(30)28-19-14-13-16-23(27)26(33)34/h21,23H,2-20,27H2,1H3,(H,28,30)(H,31,32)(H,33,34)/t21-,23+/m1/s1. The van der Waals surface area contributed by atoms with E-state index in [0.29, 0.717) is 32.2 Å². The minimum Gasteiger partial charge on any atom is -0.481 e. The van der Waals surface area contributed by atoms with E-state index >= 15 is 0 Å². The number of ketones is 1. The first-order valence-corrected chi connectivity index (χ1v) is 13.3. The molecule has 8 heteroatoms. The third kappa shape index (κ3) is 19.5. The summed E-state index contributed by atoms with van der Waals surface area (Å²) in [5.74, 6) is -3.21. The number of unbranched alkanes of at least 4 members (excludes halogenated alkanes) is 11. The lowest BCUT2D eigenvalue weighted by Gasteiger charge is -2.12. The van der Waals surface area contributed by atoms with Crippen LogP contribution >= 0.6 is 0 Å². The maximum absolute atomic E-state index is 12.2. The van der Waals surface area contributed by atoms with Crippen LogP contribution in [-0.4, -0.2) is 46.4 Å². The van der Waals surface area contributed by atoms with Crippen LogP contribution < -0.4 is 11.1 Å². The molecule has 0 radical (unpaired) electrons. The van der Waals surface area contributed by atoms with E-state index in [1.807, 2.05) is 0 Å². The topological polar surface area (TPSA) is 147 Å². The molecule has 0 aliphatic carbocycles. The predicted molar refractivity (Wildman–Crippen MR) is 134 cm³/mol. The van der Waals surface area contributed by atoms with Crippen LogP contribution in [0.5, 0.6) is 0 Å². The third-order valence-corrected chi connectivity index (χ3v) is 6.18. The first-order chi connectivity index (χ1) is 16.3. The molecule has 0 aromatic rings. The zero-order valence-electron chi connectivity index (χ0n) is 21.2. The van der Waals surface area contributed by atoms with Gasteiger partial charge in [-0.3, -0.25) is 19.2 Å². The molecule has 0 fully saturated rings. The number of nitrogens with one attached hydrogen (secondary N) is 1. The van der Waals surface area contributed by atoms with Crippen molar-refractivity contribution in [1.29, 1.82) is 0 Å². The summed E-state index contributed by atoms with van der Waals surface area (Å²) < 4.78 is 0. The van der Waals surface area contributed by atoms with Crippen molar-refractivity contribution in [2.45, 2.75) is 129 Å². The molecule has 0 unspecified atom stereocenters. The summed E-state index contributed by atoms with van der Waals surface area (Å²) in [5.41, 5.74) is 5.42. The lowest BCUT2D eigenvalue weighted by molar-refractivity contribution is -0.144. The Hall–Kier alpha value is -1.96. The van der Waals surface area contributed by atoms with Gasteiger partial charge in [-0.25, -0.2) is 0 Å². The Morgan fingerprint density at radius 2 is 1.26 bits per heavy atom. The van der Waals surface area contributed by atoms with Crippen molar-refractivity contribution in [2.75, 3.05) is 6.54 Å². The van der Waals surface area contributed by atoms with E-state index in [4.69, 9.17) is 10.8 Å². The van der Waals surface area contributed by atoms with Crippen LogP contribution in [0.2, 0.25) is 0 Å². The molecule has 8 nitrogen and oxygen atoms in total. The molecule has 0 aliphatic heterocycles. The molecule has 198 valence electrons. The van der Waals surface area contributed by atoms with E-state index in [-0.39, 0.29) is 31.0 Å². The highest BCUT2D eigenvalue weighted by molar-refractivity contribution is 5.84. The minimum atomic E-state index is -1.04. The lowest BCUT2D eigenvalue weighted by atomic mass is 9.94. The number of nitrogens with two attached hydrogens (primary N) is 1. The molecule has 0 heterocycles. The summed E-state index contributed by atoms with van der Waals surface area (Å²) >= 11 is 0. The van der Waals surface area contributed by atoms with Crippen LogP contribution in [0.25, 0.3) is 0 Å². The zero-order chi connectivity index (χ0) is 25.6. The van der Waals surface area contributed by atoms with Gasteiger partial charge < -0.3 is 21.3 Å². The molecular weight excluding hydrogens is 436 g/mol. The SMILES string of the molecule is CCCCCCCCCCCCCC(=O)C[C@@H](CCC(=O)NCCCC[C@H](N)C(=O)O)C(=O)O. The monoisotopic (exact) mass is 484 g/mol. The van der Waals surface area contributed by atoms with Crippen molar-refractivity contribution >= 4 is 23.6 Å². The molecule has 0 spiro atoms. The molecule has 0 aromatic carbocycles. The number of hydrogen-bond acceptors (Lipinski definition) is 5. The number of Topliss-reactive ketones (excluding diaryl/α,β-unsaturated/α-hetero) is 1. The van der Waals surface area contributed by atoms with Gasteiger partial charge in [-0.05, 0) is 32.1 Å². The molecule has 0 aliphatic rings. The first-order valence-electron chi connectivity index (χ1n) is 13.3. The Labute approximate surface area is 205 Å². The van der Waals surface area contributed by atoms with E-state index in [0.717, 1.165) is 19.3 Å². The summed E-state index contributed by atoms with van der Waals surface area (Å²) in [7, 11) is 0. The summed E-state index contributed by atoms with van der Waals surface area (Å²) in [4.78, 5) is 46.3. The summed E-state index contributed by atoms with van der Waals surface area (Å²) in [6.45, 7) is 2.61. The van der Waals surface area contributed by atoms with E-state index in [2.05, 4.69) is 12.2 Å². The van der Waals surface area contributed by atoms with Gasteiger partial charge in [0.05, 0.1) is 5.92 Å². The molecule has 0 aromatic heterocycles. The van der Waals surface area contributed by atoms with Crippen molar-refractivity contribution in [3.05, 3.63) is 0 Å². The highest BCUT2D eigenvalue weighted by atomic mass is 16.4. The Kier molecular flexibility index (Phi) is 20.3. The molecule has 1 amide bonds. The van der Waals surface area contributed by atoms with Crippen LogP contribution in [0, 0.1) is 5.92 Å². The van der Waals surface area contributed by atoms with Crippen LogP contribution in [0.15, 0.2) is 0 Å². The predicted octanol–water partition coefficient (Wildman–Crippen LogP) is 4.83. The molecular formula is C26H48N2O6. The number of carbonyl (C=O) groups is 4. The average molecular weight is 485 g/mol. The highest BCUT2D eigenvalue weighted by Gasteiger charge is 2.22. The molecule has 34 heavy (non-hydrogen) atoms. The van der Waals surface area contributed by atoms with E-state index < -0.39 is 23.9 Å². The fourth-order valence-corrected chi connectivity index (χ4v) is 3.91. The third-order valence-electron chi connectivity index (χ3n) is 6.18. The van der Waals surface area contributed by atoms with E-state index in [1.165, 1.54) is 51.4 Å². The largest absolute Gasteiger partial charge is 0.481 e. The molecule has 2 atom stereocenters. The second-order valence-electron chi connectivity index (χ2n) is 9.39. The molecule has 0 saturated carbocycles. The van der Waals surface area contributed by atoms with Crippen LogP contribution in [0.3, 0.4) is 0 Å². The smallest absolute Gasteiger partial charge is 0.320 e. The minimum absolute atomic E-state index is 0.0204. The van der Waals surface area contributed by atoms with Crippen LogP contribution in [-0.2, 0) is 19.2 Å². The van der Waals surface area contributed by atoms with Gasteiger partial charge >= 0.3 is 11.9 Å². The maximum Gasteiger partial charge on any atom is 0.320 e. The van der Waals surface area contributed by atoms with Crippen molar-refractivity contribution < 1.29 is 29.4 Å². The number of carbonyl (C=O) groups excluding carboxylic acids is 2. The number of rotatable bonds is 24. The Morgan fingerprint density at radius 3 is 1.79 bits per heavy atom. The second-order valence-corrected chi connectivity index (χ2v) is 9.39. The molecule has 0 saturated heterocycles. The van der Waals surface area contributed by atoms with Crippen molar-refractivity contribution in [3.63, 3.8) is 0 Å². The van der Waals surface area contributed by atoms with Crippen LogP contribution in [0.4, 0.5) is 0 Å². The fourth-order valence-electron chi connectivity index (χ4n) is 3.91. The summed E-state index contributed by atoms with van der Waals surface area (Å²) in [5, 5.41) is 20.8. The van der Waals surface area contributed by atoms with Crippen molar-refractivity contribution in [2.24, 2.45) is 11.7 Å². The van der Waals surface area contributed by atoms with Crippen molar-refractivity contribution in [3.8, 4) is 0 Å². The lowest BCUT2D eigenvalue weighted by Crippen LogP contribution is -2.30.